The van der Waals surface area contributed by atoms with Crippen molar-refractivity contribution in [2.45, 2.75) is 6.42 Å². The number of azide groups is 1. The molecular formula is C5H10N4O. The fourth-order valence-corrected chi connectivity index (χ4v) is 0.414. The van der Waals surface area contributed by atoms with E-state index in [0.717, 1.165) is 0 Å². The first kappa shape index (κ1) is 8.78. The number of amides is 1. The Hall–Kier alpha value is -1.22. The zero-order valence-electron chi connectivity index (χ0n) is 6.11. The van der Waals surface area contributed by atoms with Gasteiger partial charge in [0.05, 0.1) is 0 Å². The van der Waals surface area contributed by atoms with Gasteiger partial charge >= 0.3 is 0 Å². The third kappa shape index (κ3) is 3.74. The van der Waals surface area contributed by atoms with Gasteiger partial charge in [-0.1, -0.05) is 5.11 Å². The van der Waals surface area contributed by atoms with Crippen molar-refractivity contribution in [3.8, 4) is 0 Å². The molecular weight excluding hydrogens is 132 g/mol. The summed E-state index contributed by atoms with van der Waals surface area (Å²) in [6, 6.07) is 0. The van der Waals surface area contributed by atoms with E-state index in [1.165, 1.54) is 4.90 Å². The zero-order valence-corrected chi connectivity index (χ0v) is 6.11. The number of rotatable bonds is 3. The van der Waals surface area contributed by atoms with Gasteiger partial charge in [0, 0.05) is 32.0 Å². The number of hydrogen-bond acceptors (Lipinski definition) is 2. The van der Waals surface area contributed by atoms with Gasteiger partial charge in [-0.2, -0.15) is 0 Å². The van der Waals surface area contributed by atoms with Crippen molar-refractivity contribution >= 4 is 5.91 Å². The standard InChI is InChI=1S/C5H10N4O/c1-9(2)5(10)3-4-7-8-6/h3-4H2,1-2H3. The maximum absolute atomic E-state index is 10.8. The van der Waals surface area contributed by atoms with Gasteiger partial charge in [0.1, 0.15) is 0 Å². The highest BCUT2D eigenvalue weighted by atomic mass is 16.2. The SMILES string of the molecule is CN(C)C(=O)CCN=[N+]=[N-]. The first-order valence-corrected chi connectivity index (χ1v) is 2.89. The molecule has 0 N–H and O–H groups in total. The maximum atomic E-state index is 10.8. The number of carbonyl (C=O) groups is 1. The van der Waals surface area contributed by atoms with Gasteiger partial charge in [-0.25, -0.2) is 0 Å². The molecule has 5 heteroatoms. The minimum absolute atomic E-state index is 0.0209. The van der Waals surface area contributed by atoms with E-state index in [0.29, 0.717) is 0 Å². The molecule has 0 bridgehead atoms. The van der Waals surface area contributed by atoms with Gasteiger partial charge in [-0.05, 0) is 5.53 Å². The predicted molar refractivity (Wildman–Crippen MR) is 37.3 cm³/mol. The first-order chi connectivity index (χ1) is 4.68. The van der Waals surface area contributed by atoms with Gasteiger partial charge in [-0.3, -0.25) is 4.79 Å². The van der Waals surface area contributed by atoms with E-state index in [2.05, 4.69) is 10.0 Å². The highest BCUT2D eigenvalue weighted by molar-refractivity contribution is 5.75. The average molecular weight is 142 g/mol. The minimum atomic E-state index is -0.0209. The Bertz CT molecular complexity index is 159. The Morgan fingerprint density at radius 3 is 2.70 bits per heavy atom. The van der Waals surface area contributed by atoms with Gasteiger partial charge in [0.25, 0.3) is 0 Å². The number of nitrogens with zero attached hydrogens (tertiary/aromatic N) is 4. The van der Waals surface area contributed by atoms with Crippen LogP contribution < -0.4 is 0 Å². The molecule has 0 rings (SSSR count). The summed E-state index contributed by atoms with van der Waals surface area (Å²) in [4.78, 5) is 14.7. The van der Waals surface area contributed by atoms with Crippen LogP contribution in [0.4, 0.5) is 0 Å². The topological polar surface area (TPSA) is 69.1 Å². The lowest BCUT2D eigenvalue weighted by atomic mass is 10.4. The summed E-state index contributed by atoms with van der Waals surface area (Å²) in [6.07, 6.45) is 0.289. The van der Waals surface area contributed by atoms with Crippen LogP contribution in [0.5, 0.6) is 0 Å². The van der Waals surface area contributed by atoms with Crippen LogP contribution in [0.25, 0.3) is 10.4 Å². The van der Waals surface area contributed by atoms with Crippen LogP contribution in [0.15, 0.2) is 5.11 Å². The van der Waals surface area contributed by atoms with Gasteiger partial charge in [-0.15, -0.1) is 0 Å². The highest BCUT2D eigenvalue weighted by Crippen LogP contribution is 1.87. The van der Waals surface area contributed by atoms with Crippen LogP contribution in [0.3, 0.4) is 0 Å². The van der Waals surface area contributed by atoms with E-state index < -0.39 is 0 Å². The van der Waals surface area contributed by atoms with E-state index in [1.54, 1.807) is 14.1 Å². The van der Waals surface area contributed by atoms with Crippen LogP contribution in [-0.4, -0.2) is 31.4 Å². The van der Waals surface area contributed by atoms with Crippen molar-refractivity contribution in [2.24, 2.45) is 5.11 Å². The van der Waals surface area contributed by atoms with Crippen molar-refractivity contribution in [1.82, 2.24) is 4.90 Å². The third-order valence-electron chi connectivity index (χ3n) is 0.988. The lowest BCUT2D eigenvalue weighted by molar-refractivity contribution is -0.128. The van der Waals surface area contributed by atoms with Crippen molar-refractivity contribution in [2.75, 3.05) is 20.6 Å². The monoisotopic (exact) mass is 142 g/mol. The second-order valence-corrected chi connectivity index (χ2v) is 1.99. The van der Waals surface area contributed by atoms with Crippen molar-refractivity contribution < 1.29 is 4.79 Å². The Kier molecular flexibility index (Phi) is 4.07. The van der Waals surface area contributed by atoms with Crippen molar-refractivity contribution in [1.29, 1.82) is 0 Å². The molecule has 0 aromatic rings. The molecule has 5 nitrogen and oxygen atoms in total. The summed E-state index contributed by atoms with van der Waals surface area (Å²) in [5.41, 5.74) is 7.85. The van der Waals surface area contributed by atoms with E-state index in [1.807, 2.05) is 0 Å². The van der Waals surface area contributed by atoms with Crippen LogP contribution in [0.2, 0.25) is 0 Å². The Morgan fingerprint density at radius 1 is 1.70 bits per heavy atom. The average Bonchev–Trinajstić information content (AvgIpc) is 1.88. The summed E-state index contributed by atoms with van der Waals surface area (Å²) in [6.45, 7) is 0.244. The van der Waals surface area contributed by atoms with E-state index in [4.69, 9.17) is 5.53 Å². The molecule has 0 aliphatic carbocycles. The largest absolute Gasteiger partial charge is 0.349 e. The first-order valence-electron chi connectivity index (χ1n) is 2.89. The predicted octanol–water partition coefficient (Wildman–Crippen LogP) is 0.775. The quantitative estimate of drug-likeness (QED) is 0.326. The van der Waals surface area contributed by atoms with Crippen molar-refractivity contribution in [3.05, 3.63) is 10.4 Å². The summed E-state index contributed by atoms with van der Waals surface area (Å²) in [5, 5.41) is 3.23. The zero-order chi connectivity index (χ0) is 7.98. The summed E-state index contributed by atoms with van der Waals surface area (Å²) in [5.74, 6) is -0.0209. The molecule has 1 amide bonds. The molecule has 0 saturated carbocycles. The Labute approximate surface area is 59.3 Å². The molecule has 0 aromatic carbocycles. The van der Waals surface area contributed by atoms with Crippen molar-refractivity contribution in [3.63, 3.8) is 0 Å². The highest BCUT2D eigenvalue weighted by Gasteiger charge is 2.00. The minimum Gasteiger partial charge on any atom is -0.349 e. The van der Waals surface area contributed by atoms with Crippen LogP contribution in [0, 0.1) is 0 Å². The molecule has 0 heterocycles. The molecule has 0 radical (unpaired) electrons. The fourth-order valence-electron chi connectivity index (χ4n) is 0.414. The smallest absolute Gasteiger partial charge is 0.222 e. The number of carbonyl (C=O) groups excluding carboxylic acids is 1. The lowest BCUT2D eigenvalue weighted by Crippen LogP contribution is -2.21. The summed E-state index contributed by atoms with van der Waals surface area (Å²) in [7, 11) is 3.33. The molecule has 0 fully saturated rings. The molecule has 0 saturated heterocycles. The molecule has 0 aliphatic rings. The maximum Gasteiger partial charge on any atom is 0.222 e. The number of hydrogen-bond donors (Lipinski definition) is 0. The third-order valence-corrected chi connectivity index (χ3v) is 0.988. The van der Waals surface area contributed by atoms with Gasteiger partial charge < -0.3 is 4.90 Å². The molecule has 0 atom stereocenters. The second kappa shape index (κ2) is 4.64. The molecule has 0 aliphatic heterocycles. The summed E-state index contributed by atoms with van der Waals surface area (Å²) < 4.78 is 0. The molecule has 0 spiro atoms. The normalized spacial score (nSPS) is 8.20. The lowest BCUT2D eigenvalue weighted by Gasteiger charge is -2.07. The summed E-state index contributed by atoms with van der Waals surface area (Å²) >= 11 is 0. The fraction of sp³-hybridized carbons (Fsp3) is 0.800. The molecule has 0 unspecified atom stereocenters. The van der Waals surface area contributed by atoms with Crippen LogP contribution in [0.1, 0.15) is 6.42 Å². The van der Waals surface area contributed by atoms with E-state index >= 15 is 0 Å². The molecule has 56 valence electrons. The van der Waals surface area contributed by atoms with Crippen LogP contribution >= 0.6 is 0 Å². The second-order valence-electron chi connectivity index (χ2n) is 1.99. The van der Waals surface area contributed by atoms with Crippen LogP contribution in [-0.2, 0) is 4.79 Å². The Morgan fingerprint density at radius 2 is 2.30 bits per heavy atom. The van der Waals surface area contributed by atoms with E-state index in [-0.39, 0.29) is 18.9 Å². The molecule has 0 aromatic heterocycles. The molecule has 10 heavy (non-hydrogen) atoms. The van der Waals surface area contributed by atoms with Gasteiger partial charge in [0.15, 0.2) is 0 Å². The Balaban J connectivity index is 3.49. The van der Waals surface area contributed by atoms with Gasteiger partial charge in [0.2, 0.25) is 5.91 Å². The van der Waals surface area contributed by atoms with E-state index in [9.17, 15) is 4.79 Å².